The molecule has 1 aromatic carbocycles. The number of ether oxygens (including phenoxy) is 2. The Kier molecular flexibility index (Phi) is 5.04. The number of aromatic nitrogens is 1. The van der Waals surface area contributed by atoms with E-state index in [-0.39, 0.29) is 6.10 Å². The summed E-state index contributed by atoms with van der Waals surface area (Å²) in [6.07, 6.45) is 3.94. The van der Waals surface area contributed by atoms with Gasteiger partial charge in [0.25, 0.3) is 0 Å². The zero-order valence-electron chi connectivity index (χ0n) is 13.1. The smallest absolute Gasteiger partial charge is 0.212 e. The third kappa shape index (κ3) is 3.70. The first kappa shape index (κ1) is 16.0. The monoisotopic (exact) mass is 323 g/mol. The van der Waals surface area contributed by atoms with Gasteiger partial charge in [-0.3, -0.25) is 4.79 Å². The van der Waals surface area contributed by atoms with Gasteiger partial charge in [0.15, 0.2) is 0 Å². The number of hydrogen-bond donors (Lipinski definition) is 1. The van der Waals surface area contributed by atoms with Crippen LogP contribution in [0.3, 0.4) is 0 Å². The molecule has 1 aliphatic rings. The number of carbonyl (C=O) groups is 1. The van der Waals surface area contributed by atoms with E-state index in [9.17, 15) is 10.1 Å². The summed E-state index contributed by atoms with van der Waals surface area (Å²) in [6, 6.07) is 11.3. The van der Waals surface area contributed by atoms with E-state index in [1.165, 1.54) is 0 Å². The van der Waals surface area contributed by atoms with E-state index in [1.807, 2.05) is 18.2 Å². The van der Waals surface area contributed by atoms with E-state index in [0.717, 1.165) is 24.0 Å². The Morgan fingerprint density at radius 3 is 2.79 bits per heavy atom. The van der Waals surface area contributed by atoms with E-state index in [0.29, 0.717) is 36.8 Å². The van der Waals surface area contributed by atoms with Crippen molar-refractivity contribution in [3.63, 3.8) is 0 Å². The Labute approximate surface area is 140 Å². The van der Waals surface area contributed by atoms with Crippen molar-refractivity contribution >= 4 is 12.2 Å². The first-order chi connectivity index (χ1) is 11.8. The minimum Gasteiger partial charge on any atom is -0.489 e. The summed E-state index contributed by atoms with van der Waals surface area (Å²) in [5, 5.41) is 12.0. The molecule has 2 aromatic rings. The summed E-state index contributed by atoms with van der Waals surface area (Å²) >= 11 is 0. The number of hydrogen-bond acceptors (Lipinski definition) is 5. The lowest BCUT2D eigenvalue weighted by Crippen LogP contribution is -2.26. The van der Waals surface area contributed by atoms with Crippen molar-refractivity contribution in [2.24, 2.45) is 0 Å². The molecule has 1 fully saturated rings. The number of rotatable bonds is 5. The molecule has 1 amide bonds. The highest BCUT2D eigenvalue weighted by molar-refractivity contribution is 5.74. The summed E-state index contributed by atoms with van der Waals surface area (Å²) in [5.74, 6) is 1.05. The van der Waals surface area contributed by atoms with Crippen molar-refractivity contribution in [1.29, 1.82) is 5.26 Å². The fourth-order valence-corrected chi connectivity index (χ4v) is 2.62. The summed E-state index contributed by atoms with van der Waals surface area (Å²) < 4.78 is 11.3. The summed E-state index contributed by atoms with van der Waals surface area (Å²) in [4.78, 5) is 14.6. The Morgan fingerprint density at radius 2 is 2.04 bits per heavy atom. The maximum absolute atomic E-state index is 10.5. The Bertz CT molecular complexity index is 764. The number of nitrogens with one attached hydrogen (secondary N) is 1. The van der Waals surface area contributed by atoms with Gasteiger partial charge in [0.2, 0.25) is 6.41 Å². The van der Waals surface area contributed by atoms with Crippen LogP contribution in [0.2, 0.25) is 0 Å². The Hall–Kier alpha value is -2.91. The maximum atomic E-state index is 10.5. The van der Waals surface area contributed by atoms with Gasteiger partial charge in [-0.25, -0.2) is 4.98 Å². The van der Waals surface area contributed by atoms with Crippen LogP contribution in [-0.2, 0) is 9.53 Å². The number of benzene rings is 1. The molecule has 0 atom stereocenters. The fraction of sp³-hybridized carbons (Fsp3) is 0.278. The van der Waals surface area contributed by atoms with Gasteiger partial charge in [-0.15, -0.1) is 0 Å². The van der Waals surface area contributed by atoms with Crippen LogP contribution in [0.15, 0.2) is 36.5 Å². The normalized spacial score (nSPS) is 14.6. The highest BCUT2D eigenvalue weighted by atomic mass is 16.5. The van der Waals surface area contributed by atoms with Gasteiger partial charge < -0.3 is 14.8 Å². The first-order valence-corrected chi connectivity index (χ1v) is 7.75. The molecular weight excluding hydrogens is 306 g/mol. The molecule has 1 saturated heterocycles. The zero-order chi connectivity index (χ0) is 16.8. The second kappa shape index (κ2) is 7.57. The minimum atomic E-state index is 0.0843. The van der Waals surface area contributed by atoms with Crippen molar-refractivity contribution < 1.29 is 14.3 Å². The SMILES string of the molecule is N#Cc1cc(-c2ccnc(NC=O)c2)ccc1OC1CCOCC1. The van der Waals surface area contributed by atoms with Gasteiger partial charge >= 0.3 is 0 Å². The van der Waals surface area contributed by atoms with Gasteiger partial charge in [0.05, 0.1) is 18.8 Å². The maximum Gasteiger partial charge on any atom is 0.212 e. The molecule has 6 nitrogen and oxygen atoms in total. The van der Waals surface area contributed by atoms with E-state index in [4.69, 9.17) is 9.47 Å². The fourth-order valence-electron chi connectivity index (χ4n) is 2.62. The molecule has 0 aliphatic carbocycles. The lowest BCUT2D eigenvalue weighted by molar-refractivity contribution is -0.105. The van der Waals surface area contributed by atoms with Crippen LogP contribution in [0.5, 0.6) is 5.75 Å². The molecule has 1 aromatic heterocycles. The van der Waals surface area contributed by atoms with Crippen molar-refractivity contribution in [2.75, 3.05) is 18.5 Å². The number of anilines is 1. The largest absolute Gasteiger partial charge is 0.489 e. The van der Waals surface area contributed by atoms with E-state index >= 15 is 0 Å². The van der Waals surface area contributed by atoms with Gasteiger partial charge in [-0.05, 0) is 35.4 Å². The quantitative estimate of drug-likeness (QED) is 0.855. The minimum absolute atomic E-state index is 0.0843. The van der Waals surface area contributed by atoms with Crippen molar-refractivity contribution in [3.05, 3.63) is 42.1 Å². The van der Waals surface area contributed by atoms with Crippen LogP contribution >= 0.6 is 0 Å². The van der Waals surface area contributed by atoms with Crippen LogP contribution in [0.1, 0.15) is 18.4 Å². The Balaban J connectivity index is 1.84. The van der Waals surface area contributed by atoms with Crippen LogP contribution in [0, 0.1) is 11.3 Å². The molecule has 0 spiro atoms. The summed E-state index contributed by atoms with van der Waals surface area (Å²) in [6.45, 7) is 1.38. The molecule has 0 unspecified atom stereocenters. The molecule has 1 N–H and O–H groups in total. The number of nitriles is 1. The van der Waals surface area contributed by atoms with Gasteiger partial charge in [0.1, 0.15) is 23.7 Å². The number of pyridine rings is 1. The number of carbonyl (C=O) groups excluding carboxylic acids is 1. The third-order valence-electron chi connectivity index (χ3n) is 3.86. The van der Waals surface area contributed by atoms with Gasteiger partial charge in [0, 0.05) is 19.0 Å². The standard InChI is InChI=1S/C18H17N3O3/c19-11-15-9-13(14-3-6-20-18(10-14)21-12-22)1-2-17(15)24-16-4-7-23-8-5-16/h1-3,6,9-10,12,16H,4-5,7-8H2,(H,20,21,22). The predicted molar refractivity (Wildman–Crippen MR) is 88.5 cm³/mol. The van der Waals surface area contributed by atoms with Crippen molar-refractivity contribution in [2.45, 2.75) is 18.9 Å². The molecule has 0 bridgehead atoms. The summed E-state index contributed by atoms with van der Waals surface area (Å²) in [7, 11) is 0. The van der Waals surface area contributed by atoms with Crippen molar-refractivity contribution in [1.82, 2.24) is 4.98 Å². The molecule has 0 saturated carbocycles. The summed E-state index contributed by atoms with van der Waals surface area (Å²) in [5.41, 5.74) is 2.21. The lowest BCUT2D eigenvalue weighted by Gasteiger charge is -2.23. The van der Waals surface area contributed by atoms with Crippen LogP contribution < -0.4 is 10.1 Å². The second-order valence-electron chi connectivity index (χ2n) is 5.44. The molecule has 0 radical (unpaired) electrons. The average molecular weight is 323 g/mol. The van der Waals surface area contributed by atoms with Gasteiger partial charge in [-0.2, -0.15) is 5.26 Å². The van der Waals surface area contributed by atoms with Crippen LogP contribution in [0.4, 0.5) is 5.82 Å². The molecule has 24 heavy (non-hydrogen) atoms. The van der Waals surface area contributed by atoms with E-state index < -0.39 is 0 Å². The second-order valence-corrected chi connectivity index (χ2v) is 5.44. The van der Waals surface area contributed by atoms with Gasteiger partial charge in [-0.1, -0.05) is 6.07 Å². The molecule has 1 aliphatic heterocycles. The molecule has 2 heterocycles. The molecule has 6 heteroatoms. The van der Waals surface area contributed by atoms with E-state index in [2.05, 4.69) is 16.4 Å². The van der Waals surface area contributed by atoms with E-state index in [1.54, 1.807) is 18.3 Å². The average Bonchev–Trinajstić information content (AvgIpc) is 2.63. The Morgan fingerprint density at radius 1 is 1.25 bits per heavy atom. The lowest BCUT2D eigenvalue weighted by atomic mass is 10.0. The first-order valence-electron chi connectivity index (χ1n) is 7.75. The molecule has 122 valence electrons. The molecule has 3 rings (SSSR count). The number of nitrogens with zero attached hydrogens (tertiary/aromatic N) is 2. The van der Waals surface area contributed by atoms with Crippen LogP contribution in [0.25, 0.3) is 11.1 Å². The van der Waals surface area contributed by atoms with Crippen molar-refractivity contribution in [3.8, 4) is 22.9 Å². The number of amides is 1. The topological polar surface area (TPSA) is 84.2 Å². The zero-order valence-corrected chi connectivity index (χ0v) is 13.1. The third-order valence-corrected chi connectivity index (χ3v) is 3.86. The molecular formula is C18H17N3O3. The predicted octanol–water partition coefficient (Wildman–Crippen LogP) is 2.75. The van der Waals surface area contributed by atoms with Crippen LogP contribution in [-0.4, -0.2) is 30.7 Å². The highest BCUT2D eigenvalue weighted by Gasteiger charge is 2.17. The highest BCUT2D eigenvalue weighted by Crippen LogP contribution is 2.29.